The zero-order valence-electron chi connectivity index (χ0n) is 14.3. The number of hydrogen-bond donors (Lipinski definition) is 2. The second kappa shape index (κ2) is 7.61. The van der Waals surface area contributed by atoms with E-state index in [0.29, 0.717) is 16.3 Å². The molecule has 7 heteroatoms. The van der Waals surface area contributed by atoms with Gasteiger partial charge in [0.1, 0.15) is 23.6 Å². The minimum absolute atomic E-state index is 0.0191. The summed E-state index contributed by atoms with van der Waals surface area (Å²) in [6.45, 7) is 5.61. The number of carbonyl (C=O) groups is 2. The molecule has 0 aliphatic heterocycles. The minimum Gasteiger partial charge on any atom is -0.508 e. The highest BCUT2D eigenvalue weighted by molar-refractivity contribution is 6.30. The Kier molecular flexibility index (Phi) is 5.74. The van der Waals surface area contributed by atoms with Crippen LogP contribution in [0.5, 0.6) is 5.75 Å². The van der Waals surface area contributed by atoms with Gasteiger partial charge in [-0.2, -0.15) is 0 Å². The van der Waals surface area contributed by atoms with Crippen LogP contribution in [0.4, 0.5) is 0 Å². The number of Topliss-reactive ketones (excluding diaryl/α,β-unsaturated/α-hetero) is 1. The van der Waals surface area contributed by atoms with Gasteiger partial charge in [-0.1, -0.05) is 11.6 Å². The fraction of sp³-hybridized carbons (Fsp3) is 0.333. The summed E-state index contributed by atoms with van der Waals surface area (Å²) in [4.78, 5) is 32.4. The second-order valence-electron chi connectivity index (χ2n) is 6.76. The maximum atomic E-state index is 12.2. The fourth-order valence-corrected chi connectivity index (χ4v) is 2.39. The number of nitrogens with one attached hydrogen (secondary N) is 1. The summed E-state index contributed by atoms with van der Waals surface area (Å²) in [6, 6.07) is 6.05. The number of aromatic nitrogens is 2. The van der Waals surface area contributed by atoms with Crippen molar-refractivity contribution in [1.29, 1.82) is 0 Å². The molecule has 0 spiro atoms. The van der Waals surface area contributed by atoms with Crippen molar-refractivity contribution in [3.8, 4) is 5.75 Å². The summed E-state index contributed by atoms with van der Waals surface area (Å²) in [5.74, 6) is -0.458. The van der Waals surface area contributed by atoms with Crippen LogP contribution in [0.2, 0.25) is 5.02 Å². The molecule has 2 N–H and O–H groups in total. The average Bonchev–Trinajstić information content (AvgIpc) is 2.49. The molecule has 25 heavy (non-hydrogen) atoms. The van der Waals surface area contributed by atoms with Crippen molar-refractivity contribution in [3.63, 3.8) is 0 Å². The summed E-state index contributed by atoms with van der Waals surface area (Å²) in [5, 5.41) is 13.0. The minimum atomic E-state index is -0.387. The summed E-state index contributed by atoms with van der Waals surface area (Å²) >= 11 is 5.88. The Labute approximate surface area is 151 Å². The highest BCUT2D eigenvalue weighted by atomic mass is 35.5. The summed E-state index contributed by atoms with van der Waals surface area (Å²) < 4.78 is 0. The van der Waals surface area contributed by atoms with Crippen molar-refractivity contribution in [2.24, 2.45) is 0 Å². The molecule has 0 saturated carbocycles. The highest BCUT2D eigenvalue weighted by Crippen LogP contribution is 2.22. The first-order valence-electron chi connectivity index (χ1n) is 7.76. The molecule has 132 valence electrons. The van der Waals surface area contributed by atoms with E-state index in [1.165, 1.54) is 18.5 Å². The molecule has 0 saturated heterocycles. The number of ketones is 1. The molecule has 0 aliphatic carbocycles. The molecule has 6 nitrogen and oxygen atoms in total. The molecule has 0 bridgehead atoms. The van der Waals surface area contributed by atoms with E-state index in [2.05, 4.69) is 15.3 Å². The Balaban J connectivity index is 2.07. The van der Waals surface area contributed by atoms with Crippen LogP contribution < -0.4 is 5.32 Å². The number of phenolic OH excluding ortho intramolecular Hbond substituents is 1. The van der Waals surface area contributed by atoms with Gasteiger partial charge in [-0.3, -0.25) is 9.59 Å². The average molecular weight is 362 g/mol. The Bertz CT molecular complexity index is 800. The van der Waals surface area contributed by atoms with Crippen molar-refractivity contribution in [3.05, 3.63) is 52.6 Å². The normalized spacial score (nSPS) is 11.2. The Morgan fingerprint density at radius 3 is 2.56 bits per heavy atom. The third-order valence-electron chi connectivity index (χ3n) is 3.25. The lowest BCUT2D eigenvalue weighted by Gasteiger charge is -2.20. The topological polar surface area (TPSA) is 92.2 Å². The first-order valence-corrected chi connectivity index (χ1v) is 8.14. The second-order valence-corrected chi connectivity index (χ2v) is 7.20. The summed E-state index contributed by atoms with van der Waals surface area (Å²) in [7, 11) is 0. The zero-order chi connectivity index (χ0) is 18.6. The van der Waals surface area contributed by atoms with E-state index in [9.17, 15) is 14.7 Å². The number of rotatable bonds is 5. The van der Waals surface area contributed by atoms with Crippen LogP contribution >= 0.6 is 11.6 Å². The van der Waals surface area contributed by atoms with Gasteiger partial charge in [0.2, 0.25) is 0 Å². The molecule has 0 radical (unpaired) electrons. The number of halogens is 1. The lowest BCUT2D eigenvalue weighted by atomic mass is 10.0. The van der Waals surface area contributed by atoms with Crippen molar-refractivity contribution in [2.45, 2.75) is 39.2 Å². The quantitative estimate of drug-likeness (QED) is 0.854. The standard InChI is InChI=1S/C18H20ClN3O3/c1-18(2,3)22-17(25)15-9-13(20-10-21-15)8-14(23)7-11-6-12(19)4-5-16(11)24/h4-6,9-10,24H,7-8H2,1-3H3,(H,22,25). The molecular formula is C18H20ClN3O3. The van der Waals surface area contributed by atoms with E-state index in [1.54, 1.807) is 12.1 Å². The molecule has 1 amide bonds. The zero-order valence-corrected chi connectivity index (χ0v) is 15.1. The molecular weight excluding hydrogens is 342 g/mol. The number of amides is 1. The van der Waals surface area contributed by atoms with Crippen LogP contribution in [-0.2, 0) is 17.6 Å². The number of aromatic hydroxyl groups is 1. The van der Waals surface area contributed by atoms with E-state index >= 15 is 0 Å². The SMILES string of the molecule is CC(C)(C)NC(=O)c1cc(CC(=O)Cc2cc(Cl)ccc2O)ncn1. The van der Waals surface area contributed by atoms with Gasteiger partial charge in [0.05, 0.1) is 5.69 Å². The Hall–Kier alpha value is -2.47. The van der Waals surface area contributed by atoms with Crippen LogP contribution in [0.15, 0.2) is 30.6 Å². The smallest absolute Gasteiger partial charge is 0.270 e. The molecule has 0 unspecified atom stereocenters. The van der Waals surface area contributed by atoms with Gasteiger partial charge in [-0.15, -0.1) is 0 Å². The number of benzene rings is 1. The largest absolute Gasteiger partial charge is 0.508 e. The molecule has 0 aliphatic rings. The van der Waals surface area contributed by atoms with Crippen LogP contribution in [0, 0.1) is 0 Å². The molecule has 0 fully saturated rings. The Morgan fingerprint density at radius 2 is 1.88 bits per heavy atom. The molecule has 2 aromatic rings. The number of phenols is 1. The maximum Gasteiger partial charge on any atom is 0.270 e. The van der Waals surface area contributed by atoms with E-state index in [4.69, 9.17) is 11.6 Å². The van der Waals surface area contributed by atoms with E-state index in [-0.39, 0.29) is 41.5 Å². The van der Waals surface area contributed by atoms with E-state index in [1.807, 2.05) is 20.8 Å². The van der Waals surface area contributed by atoms with Gasteiger partial charge >= 0.3 is 0 Å². The lowest BCUT2D eigenvalue weighted by Crippen LogP contribution is -2.41. The van der Waals surface area contributed by atoms with Gasteiger partial charge in [-0.05, 0) is 45.0 Å². The van der Waals surface area contributed by atoms with Crippen LogP contribution in [-0.4, -0.2) is 32.3 Å². The van der Waals surface area contributed by atoms with Gasteiger partial charge in [0, 0.05) is 29.0 Å². The maximum absolute atomic E-state index is 12.2. The predicted octanol–water partition coefficient (Wildman–Crippen LogP) is 2.72. The molecule has 1 aromatic carbocycles. The van der Waals surface area contributed by atoms with Crippen molar-refractivity contribution >= 4 is 23.3 Å². The third kappa shape index (κ3) is 5.83. The van der Waals surface area contributed by atoms with Gasteiger partial charge in [0.25, 0.3) is 5.91 Å². The van der Waals surface area contributed by atoms with Crippen molar-refractivity contribution < 1.29 is 14.7 Å². The van der Waals surface area contributed by atoms with Crippen LogP contribution in [0.25, 0.3) is 0 Å². The number of hydrogen-bond acceptors (Lipinski definition) is 5. The third-order valence-corrected chi connectivity index (χ3v) is 3.49. The summed E-state index contributed by atoms with van der Waals surface area (Å²) in [5.41, 5.74) is 0.721. The lowest BCUT2D eigenvalue weighted by molar-refractivity contribution is -0.117. The number of carbonyl (C=O) groups excluding carboxylic acids is 2. The number of nitrogens with zero attached hydrogens (tertiary/aromatic N) is 2. The fourth-order valence-electron chi connectivity index (χ4n) is 2.20. The predicted molar refractivity (Wildman–Crippen MR) is 94.8 cm³/mol. The Morgan fingerprint density at radius 1 is 1.16 bits per heavy atom. The molecule has 2 rings (SSSR count). The van der Waals surface area contributed by atoms with E-state index < -0.39 is 0 Å². The van der Waals surface area contributed by atoms with Gasteiger partial charge in [0.15, 0.2) is 0 Å². The first-order chi connectivity index (χ1) is 11.6. The van der Waals surface area contributed by atoms with Crippen LogP contribution in [0.1, 0.15) is 42.5 Å². The van der Waals surface area contributed by atoms with Crippen LogP contribution in [0.3, 0.4) is 0 Å². The first kappa shape index (κ1) is 18.9. The summed E-state index contributed by atoms with van der Waals surface area (Å²) in [6.07, 6.45) is 1.32. The molecule has 0 atom stereocenters. The van der Waals surface area contributed by atoms with Gasteiger partial charge in [-0.25, -0.2) is 9.97 Å². The van der Waals surface area contributed by atoms with Crippen molar-refractivity contribution in [1.82, 2.24) is 15.3 Å². The van der Waals surface area contributed by atoms with Gasteiger partial charge < -0.3 is 10.4 Å². The van der Waals surface area contributed by atoms with E-state index in [0.717, 1.165) is 0 Å². The highest BCUT2D eigenvalue weighted by Gasteiger charge is 2.17. The molecule has 1 heterocycles. The van der Waals surface area contributed by atoms with Crippen molar-refractivity contribution in [2.75, 3.05) is 0 Å². The molecule has 1 aromatic heterocycles. The monoisotopic (exact) mass is 361 g/mol.